The molecule has 5 aromatic rings. The normalized spacial score (nSPS) is 14.8. The number of fused-ring (bicyclic) bond motifs is 1. The number of ether oxygens (including phenoxy) is 1. The fraction of sp³-hybridized carbons (Fsp3) is 0.205. The third-order valence-electron chi connectivity index (χ3n) is 9.18. The van der Waals surface area contributed by atoms with Gasteiger partial charge in [-0.05, 0) is 52.9 Å². The maximum atomic E-state index is 15.7. The molecular weight excluding hydrogens is 657 g/mol. The van der Waals surface area contributed by atoms with Gasteiger partial charge in [0.1, 0.15) is 5.75 Å². The zero-order chi connectivity index (χ0) is 36.3. The van der Waals surface area contributed by atoms with E-state index in [9.17, 15) is 34.8 Å². The number of hydrogen-bond acceptors (Lipinski definition) is 8. The number of H-pyrrole nitrogens is 1. The van der Waals surface area contributed by atoms with E-state index >= 15 is 4.39 Å². The molecule has 2 heterocycles. The molecule has 0 saturated heterocycles. The van der Waals surface area contributed by atoms with Crippen LogP contribution in [0.3, 0.4) is 0 Å². The molecule has 1 aromatic heterocycles. The molecule has 0 spiro atoms. The number of halogens is 1. The summed E-state index contributed by atoms with van der Waals surface area (Å²) in [6, 6.07) is 23.6. The van der Waals surface area contributed by atoms with Crippen molar-refractivity contribution < 1.29 is 39.1 Å². The van der Waals surface area contributed by atoms with Gasteiger partial charge < -0.3 is 40.4 Å². The Labute approximate surface area is 291 Å². The van der Waals surface area contributed by atoms with Crippen molar-refractivity contribution in [2.45, 2.75) is 24.7 Å². The first-order chi connectivity index (χ1) is 24.5. The lowest BCUT2D eigenvalue weighted by molar-refractivity contribution is -0.155. The van der Waals surface area contributed by atoms with Crippen LogP contribution < -0.4 is 15.6 Å². The number of aliphatic hydroxyl groups excluding tert-OH is 1. The standard InChI is InChI=1S/C39H36FN3O8/c1-51-36-25(21-41-22-32(45)28-12-14-31(44)35-29(28)13-15-33(46)42-35)10-11-30(34(36)40)37(47)43-18-16-23(17-19-43)24-6-5-9-27(20-24)39(50,38(48)49)26-7-3-2-4-8-26/h2-16,20,32,41,44-45,50H,17-19,21-22H2,1H3,(H,42,46)(H,48,49). The second-order valence-electron chi connectivity index (χ2n) is 12.2. The molecule has 11 nitrogen and oxygen atoms in total. The number of carboxylic acid groups (broad SMARTS) is 1. The molecule has 0 aliphatic carbocycles. The molecule has 0 saturated carbocycles. The summed E-state index contributed by atoms with van der Waals surface area (Å²) < 4.78 is 21.1. The van der Waals surface area contributed by atoms with Crippen LogP contribution in [0, 0.1) is 5.82 Å². The molecule has 51 heavy (non-hydrogen) atoms. The van der Waals surface area contributed by atoms with Gasteiger partial charge in [-0.3, -0.25) is 9.59 Å². The number of nitrogens with one attached hydrogen (secondary N) is 2. The van der Waals surface area contributed by atoms with Crippen LogP contribution in [0.2, 0.25) is 0 Å². The van der Waals surface area contributed by atoms with Crippen molar-refractivity contribution in [2.24, 2.45) is 0 Å². The zero-order valence-electron chi connectivity index (χ0n) is 27.6. The number of aromatic nitrogens is 1. The maximum absolute atomic E-state index is 15.7. The number of aromatic hydroxyl groups is 1. The number of hydrogen-bond donors (Lipinski definition) is 6. The second kappa shape index (κ2) is 14.6. The van der Waals surface area contributed by atoms with E-state index in [1.165, 1.54) is 36.3 Å². The fourth-order valence-corrected chi connectivity index (χ4v) is 6.45. The van der Waals surface area contributed by atoms with Gasteiger partial charge in [0, 0.05) is 48.8 Å². The van der Waals surface area contributed by atoms with Crippen LogP contribution in [0.4, 0.5) is 4.39 Å². The third-order valence-corrected chi connectivity index (χ3v) is 9.18. The molecule has 1 aliphatic heterocycles. The van der Waals surface area contributed by atoms with E-state index in [2.05, 4.69) is 10.3 Å². The van der Waals surface area contributed by atoms with Crippen molar-refractivity contribution in [3.63, 3.8) is 0 Å². The lowest BCUT2D eigenvalue weighted by Crippen LogP contribution is -2.37. The minimum atomic E-state index is -2.25. The van der Waals surface area contributed by atoms with E-state index in [1.807, 2.05) is 12.1 Å². The van der Waals surface area contributed by atoms with Crippen LogP contribution in [-0.2, 0) is 16.9 Å². The molecule has 4 aromatic carbocycles. The maximum Gasteiger partial charge on any atom is 0.345 e. The van der Waals surface area contributed by atoms with Gasteiger partial charge in [0.2, 0.25) is 11.2 Å². The van der Waals surface area contributed by atoms with Crippen molar-refractivity contribution in [1.82, 2.24) is 15.2 Å². The predicted octanol–water partition coefficient (Wildman–Crippen LogP) is 4.45. The Morgan fingerprint density at radius 1 is 1.02 bits per heavy atom. The minimum Gasteiger partial charge on any atom is -0.506 e. The molecule has 6 N–H and O–H groups in total. The lowest BCUT2D eigenvalue weighted by atomic mass is 9.84. The van der Waals surface area contributed by atoms with Crippen LogP contribution in [0.15, 0.2) is 102 Å². The van der Waals surface area contributed by atoms with Crippen LogP contribution in [0.25, 0.3) is 16.5 Å². The average Bonchev–Trinajstić information content (AvgIpc) is 3.15. The summed E-state index contributed by atoms with van der Waals surface area (Å²) in [6.07, 6.45) is 1.22. The van der Waals surface area contributed by atoms with Crippen molar-refractivity contribution >= 4 is 28.4 Å². The molecule has 1 amide bonds. The van der Waals surface area contributed by atoms with Crippen LogP contribution in [0.1, 0.15) is 50.7 Å². The molecule has 0 radical (unpaired) electrons. The Hall–Kier alpha value is -5.82. The summed E-state index contributed by atoms with van der Waals surface area (Å²) in [5.41, 5.74) is 0.304. The van der Waals surface area contributed by atoms with Crippen molar-refractivity contribution in [1.29, 1.82) is 0 Å². The molecular formula is C39H36FN3O8. The summed E-state index contributed by atoms with van der Waals surface area (Å²) in [5.74, 6) is -2.97. The minimum absolute atomic E-state index is 0.0532. The summed E-state index contributed by atoms with van der Waals surface area (Å²) >= 11 is 0. The average molecular weight is 694 g/mol. The molecule has 2 unspecified atom stereocenters. The molecule has 6 rings (SSSR count). The van der Waals surface area contributed by atoms with E-state index in [0.717, 1.165) is 5.57 Å². The topological polar surface area (TPSA) is 172 Å². The highest BCUT2D eigenvalue weighted by molar-refractivity contribution is 5.96. The third kappa shape index (κ3) is 6.84. The largest absolute Gasteiger partial charge is 0.506 e. The van der Waals surface area contributed by atoms with Gasteiger partial charge in [-0.25, -0.2) is 9.18 Å². The quantitative estimate of drug-likeness (QED) is 0.117. The van der Waals surface area contributed by atoms with E-state index in [4.69, 9.17) is 4.74 Å². The number of rotatable bonds is 11. The Morgan fingerprint density at radius 2 is 1.78 bits per heavy atom. The number of nitrogens with zero attached hydrogens (tertiary/aromatic N) is 1. The number of carbonyl (C=O) groups is 2. The molecule has 2 atom stereocenters. The smallest absolute Gasteiger partial charge is 0.345 e. The molecule has 12 heteroatoms. The van der Waals surface area contributed by atoms with Gasteiger partial charge in [-0.15, -0.1) is 0 Å². The van der Waals surface area contributed by atoms with Crippen molar-refractivity contribution in [2.75, 3.05) is 26.7 Å². The van der Waals surface area contributed by atoms with E-state index in [0.29, 0.717) is 28.5 Å². The number of aromatic amines is 1. The highest BCUT2D eigenvalue weighted by atomic mass is 19.1. The number of aliphatic hydroxyl groups is 2. The number of phenols is 1. The summed E-state index contributed by atoms with van der Waals surface area (Å²) in [6.45, 7) is 0.620. The number of amides is 1. The Morgan fingerprint density at radius 3 is 2.49 bits per heavy atom. The first kappa shape index (κ1) is 35.0. The number of carboxylic acids is 1. The van der Waals surface area contributed by atoms with Gasteiger partial charge >= 0.3 is 5.97 Å². The highest BCUT2D eigenvalue weighted by Crippen LogP contribution is 2.34. The number of pyridine rings is 1. The molecule has 1 aliphatic rings. The van der Waals surface area contributed by atoms with Gasteiger partial charge in [-0.1, -0.05) is 66.7 Å². The summed E-state index contributed by atoms with van der Waals surface area (Å²) in [5, 5.41) is 45.9. The van der Waals surface area contributed by atoms with Crippen LogP contribution in [-0.4, -0.2) is 68.9 Å². The number of carbonyl (C=O) groups excluding carboxylic acids is 1. The SMILES string of the molecule is COc1c(CNCC(O)c2ccc(O)c3[nH]c(=O)ccc23)ccc(C(=O)N2CC=C(c3cccc(C(O)(C(=O)O)c4ccccc4)c3)CC2)c1F. The van der Waals surface area contributed by atoms with Gasteiger partial charge in [0.05, 0.1) is 24.3 Å². The van der Waals surface area contributed by atoms with Gasteiger partial charge in [0.15, 0.2) is 11.6 Å². The number of aliphatic carboxylic acids is 1. The first-order valence-corrected chi connectivity index (χ1v) is 16.2. The second-order valence-corrected chi connectivity index (χ2v) is 12.2. The fourth-order valence-electron chi connectivity index (χ4n) is 6.45. The Balaban J connectivity index is 1.13. The lowest BCUT2D eigenvalue weighted by Gasteiger charge is -2.28. The van der Waals surface area contributed by atoms with E-state index in [1.54, 1.807) is 60.7 Å². The van der Waals surface area contributed by atoms with Crippen molar-refractivity contribution in [3.8, 4) is 11.5 Å². The number of benzene rings is 4. The molecule has 0 bridgehead atoms. The monoisotopic (exact) mass is 693 g/mol. The number of phenolic OH excluding ortho intramolecular Hbond substituents is 1. The van der Waals surface area contributed by atoms with E-state index in [-0.39, 0.29) is 65.4 Å². The van der Waals surface area contributed by atoms with E-state index < -0.39 is 29.4 Å². The van der Waals surface area contributed by atoms with Crippen LogP contribution in [0.5, 0.6) is 11.5 Å². The van der Waals surface area contributed by atoms with Crippen molar-refractivity contribution in [3.05, 3.63) is 147 Å². The molecule has 0 fully saturated rings. The number of methoxy groups -OCH3 is 1. The zero-order valence-corrected chi connectivity index (χ0v) is 27.6. The summed E-state index contributed by atoms with van der Waals surface area (Å²) in [7, 11) is 1.31. The summed E-state index contributed by atoms with van der Waals surface area (Å²) in [4.78, 5) is 41.5. The van der Waals surface area contributed by atoms with Gasteiger partial charge in [-0.2, -0.15) is 0 Å². The Bertz CT molecular complexity index is 2200. The predicted molar refractivity (Wildman–Crippen MR) is 188 cm³/mol. The Kier molecular flexibility index (Phi) is 10.0. The van der Waals surface area contributed by atoms with Gasteiger partial charge in [0.25, 0.3) is 5.91 Å². The molecule has 262 valence electrons. The van der Waals surface area contributed by atoms with Crippen LogP contribution >= 0.6 is 0 Å². The highest BCUT2D eigenvalue weighted by Gasteiger charge is 2.40. The first-order valence-electron chi connectivity index (χ1n) is 16.2.